The van der Waals surface area contributed by atoms with E-state index < -0.39 is 0 Å². The van der Waals surface area contributed by atoms with Crippen molar-refractivity contribution in [3.63, 3.8) is 0 Å². The lowest BCUT2D eigenvalue weighted by Crippen LogP contribution is -2.49. The summed E-state index contributed by atoms with van der Waals surface area (Å²) in [5.41, 5.74) is 0. The first-order chi connectivity index (χ1) is 6.68. The second-order valence-corrected chi connectivity index (χ2v) is 4.82. The Kier molecular flexibility index (Phi) is 2.77. The number of ether oxygens (including phenoxy) is 1. The molecule has 0 spiro atoms. The fourth-order valence-electron chi connectivity index (χ4n) is 2.49. The van der Waals surface area contributed by atoms with Crippen molar-refractivity contribution >= 4 is 5.91 Å². The number of carbonyl (C=O) groups excluding carboxylic acids is 1. The second-order valence-electron chi connectivity index (χ2n) is 4.82. The minimum absolute atomic E-state index is 0.329. The third-order valence-corrected chi connectivity index (χ3v) is 3.11. The van der Waals surface area contributed by atoms with Crippen LogP contribution in [-0.4, -0.2) is 36.1 Å². The molecule has 2 atom stereocenters. The van der Waals surface area contributed by atoms with Crippen LogP contribution in [0.5, 0.6) is 0 Å². The number of carbonyl (C=O) groups is 1. The van der Waals surface area contributed by atoms with Crippen molar-refractivity contribution in [2.75, 3.05) is 13.2 Å². The first kappa shape index (κ1) is 9.97. The molecule has 2 fully saturated rings. The molecular weight excluding hydrogens is 178 g/mol. The van der Waals surface area contributed by atoms with E-state index >= 15 is 0 Å². The van der Waals surface area contributed by atoms with Crippen LogP contribution >= 0.6 is 0 Å². The zero-order valence-corrected chi connectivity index (χ0v) is 9.03. The van der Waals surface area contributed by atoms with Gasteiger partial charge in [0.05, 0.1) is 25.3 Å². The molecule has 0 N–H and O–H groups in total. The summed E-state index contributed by atoms with van der Waals surface area (Å²) in [5, 5.41) is 0. The number of morpholine rings is 1. The summed E-state index contributed by atoms with van der Waals surface area (Å²) in [4.78, 5) is 14.0. The van der Waals surface area contributed by atoms with E-state index in [2.05, 4.69) is 18.7 Å². The topological polar surface area (TPSA) is 29.5 Å². The van der Waals surface area contributed by atoms with Crippen LogP contribution in [0.25, 0.3) is 0 Å². The first-order valence-electron chi connectivity index (χ1n) is 5.57. The van der Waals surface area contributed by atoms with Gasteiger partial charge in [0.15, 0.2) is 0 Å². The molecule has 2 aliphatic heterocycles. The van der Waals surface area contributed by atoms with Gasteiger partial charge in [-0.05, 0) is 18.8 Å². The molecule has 0 saturated carbocycles. The quantitative estimate of drug-likeness (QED) is 0.670. The number of amides is 1. The Morgan fingerprint density at radius 1 is 1.36 bits per heavy atom. The molecule has 0 aromatic heterocycles. The number of hydrogen-bond donors (Lipinski definition) is 0. The Morgan fingerprint density at radius 2 is 1.93 bits per heavy atom. The molecule has 2 bridgehead atoms. The Bertz CT molecular complexity index is 211. The summed E-state index contributed by atoms with van der Waals surface area (Å²) in [6.45, 7) is 5.70. The molecule has 0 aromatic rings. The summed E-state index contributed by atoms with van der Waals surface area (Å²) in [6.07, 6.45) is 2.95. The highest BCUT2D eigenvalue weighted by Gasteiger charge is 2.39. The van der Waals surface area contributed by atoms with Gasteiger partial charge in [0.1, 0.15) is 0 Å². The van der Waals surface area contributed by atoms with Gasteiger partial charge in [-0.2, -0.15) is 0 Å². The van der Waals surface area contributed by atoms with E-state index in [4.69, 9.17) is 4.74 Å². The van der Waals surface area contributed by atoms with Gasteiger partial charge in [0, 0.05) is 6.42 Å². The SMILES string of the molecule is CC(C)CC(=O)N1C2CCC1COC2. The van der Waals surface area contributed by atoms with Gasteiger partial charge < -0.3 is 9.64 Å². The highest BCUT2D eigenvalue weighted by atomic mass is 16.5. The highest BCUT2D eigenvalue weighted by Crippen LogP contribution is 2.29. The van der Waals surface area contributed by atoms with Crippen molar-refractivity contribution in [1.82, 2.24) is 4.90 Å². The number of hydrogen-bond acceptors (Lipinski definition) is 2. The Morgan fingerprint density at radius 3 is 2.43 bits per heavy atom. The molecule has 14 heavy (non-hydrogen) atoms. The van der Waals surface area contributed by atoms with Crippen molar-refractivity contribution < 1.29 is 9.53 Å². The molecule has 80 valence electrons. The number of rotatable bonds is 2. The highest BCUT2D eigenvalue weighted by molar-refractivity contribution is 5.77. The first-order valence-corrected chi connectivity index (χ1v) is 5.57. The molecule has 2 saturated heterocycles. The fraction of sp³-hybridized carbons (Fsp3) is 0.909. The van der Waals surface area contributed by atoms with Crippen LogP contribution in [-0.2, 0) is 9.53 Å². The van der Waals surface area contributed by atoms with E-state index in [1.807, 2.05) is 0 Å². The predicted molar refractivity (Wildman–Crippen MR) is 53.9 cm³/mol. The lowest BCUT2D eigenvalue weighted by molar-refractivity contribution is -0.141. The number of nitrogens with zero attached hydrogens (tertiary/aromatic N) is 1. The van der Waals surface area contributed by atoms with Crippen LogP contribution in [0.3, 0.4) is 0 Å². The van der Waals surface area contributed by atoms with Crippen molar-refractivity contribution in [3.05, 3.63) is 0 Å². The van der Waals surface area contributed by atoms with E-state index in [-0.39, 0.29) is 0 Å². The molecule has 1 amide bonds. The lowest BCUT2D eigenvalue weighted by atomic mass is 10.1. The standard InChI is InChI=1S/C11H19NO2/c1-8(2)5-11(13)12-9-3-4-10(12)7-14-6-9/h8-10H,3-7H2,1-2H3. The van der Waals surface area contributed by atoms with Gasteiger partial charge in [0.25, 0.3) is 0 Å². The molecule has 2 unspecified atom stereocenters. The smallest absolute Gasteiger partial charge is 0.223 e. The van der Waals surface area contributed by atoms with Gasteiger partial charge in [-0.1, -0.05) is 13.8 Å². The fourth-order valence-corrected chi connectivity index (χ4v) is 2.49. The largest absolute Gasteiger partial charge is 0.377 e. The average molecular weight is 197 g/mol. The van der Waals surface area contributed by atoms with Gasteiger partial charge >= 0.3 is 0 Å². The molecule has 0 aromatic carbocycles. The maximum absolute atomic E-state index is 11.9. The van der Waals surface area contributed by atoms with Gasteiger partial charge in [-0.25, -0.2) is 0 Å². The molecule has 2 aliphatic rings. The van der Waals surface area contributed by atoms with Crippen LogP contribution in [0, 0.1) is 5.92 Å². The summed E-state index contributed by atoms with van der Waals surface area (Å²) < 4.78 is 5.45. The maximum Gasteiger partial charge on any atom is 0.223 e. The molecule has 0 aliphatic carbocycles. The summed E-state index contributed by atoms with van der Waals surface area (Å²) >= 11 is 0. The third-order valence-electron chi connectivity index (χ3n) is 3.11. The van der Waals surface area contributed by atoms with E-state index in [1.165, 1.54) is 0 Å². The third kappa shape index (κ3) is 1.78. The van der Waals surface area contributed by atoms with E-state index in [0.29, 0.717) is 30.3 Å². The normalized spacial score (nSPS) is 31.2. The van der Waals surface area contributed by atoms with Crippen molar-refractivity contribution in [3.8, 4) is 0 Å². The van der Waals surface area contributed by atoms with E-state index in [1.54, 1.807) is 0 Å². The van der Waals surface area contributed by atoms with E-state index in [0.717, 1.165) is 26.1 Å². The number of fused-ring (bicyclic) bond motifs is 2. The Labute approximate surface area is 85.4 Å². The predicted octanol–water partition coefficient (Wildman–Crippen LogP) is 1.42. The summed E-state index contributed by atoms with van der Waals surface area (Å²) in [7, 11) is 0. The summed E-state index contributed by atoms with van der Waals surface area (Å²) in [5.74, 6) is 0.792. The van der Waals surface area contributed by atoms with Crippen LogP contribution in [0.4, 0.5) is 0 Å². The molecule has 3 nitrogen and oxygen atoms in total. The Balaban J connectivity index is 2.00. The Hall–Kier alpha value is -0.570. The van der Waals surface area contributed by atoms with Gasteiger partial charge in [-0.3, -0.25) is 4.79 Å². The summed E-state index contributed by atoms with van der Waals surface area (Å²) in [6, 6.07) is 0.750. The van der Waals surface area contributed by atoms with Crippen LogP contribution in [0.2, 0.25) is 0 Å². The van der Waals surface area contributed by atoms with Crippen LogP contribution in [0.15, 0.2) is 0 Å². The lowest BCUT2D eigenvalue weighted by Gasteiger charge is -2.35. The van der Waals surface area contributed by atoms with Crippen LogP contribution in [0.1, 0.15) is 33.1 Å². The second kappa shape index (κ2) is 3.89. The zero-order chi connectivity index (χ0) is 10.1. The molecule has 2 heterocycles. The van der Waals surface area contributed by atoms with Crippen molar-refractivity contribution in [2.24, 2.45) is 5.92 Å². The molecule has 2 rings (SSSR count). The van der Waals surface area contributed by atoms with Gasteiger partial charge in [0.2, 0.25) is 5.91 Å². The molecule has 0 radical (unpaired) electrons. The van der Waals surface area contributed by atoms with Crippen LogP contribution < -0.4 is 0 Å². The van der Waals surface area contributed by atoms with E-state index in [9.17, 15) is 4.79 Å². The van der Waals surface area contributed by atoms with Crippen molar-refractivity contribution in [1.29, 1.82) is 0 Å². The minimum Gasteiger partial charge on any atom is -0.377 e. The average Bonchev–Trinajstić information content (AvgIpc) is 2.36. The van der Waals surface area contributed by atoms with Crippen molar-refractivity contribution in [2.45, 2.75) is 45.2 Å². The molecular formula is C11H19NO2. The maximum atomic E-state index is 11.9. The minimum atomic E-state index is 0.329. The monoisotopic (exact) mass is 197 g/mol. The van der Waals surface area contributed by atoms with Gasteiger partial charge in [-0.15, -0.1) is 0 Å². The zero-order valence-electron chi connectivity index (χ0n) is 9.03. The molecule has 3 heteroatoms.